The largest absolute Gasteiger partial charge is 0.399 e. The third-order valence-electron chi connectivity index (χ3n) is 6.06. The quantitative estimate of drug-likeness (QED) is 0.523. The van der Waals surface area contributed by atoms with Gasteiger partial charge in [-0.2, -0.15) is 9.61 Å². The van der Waals surface area contributed by atoms with Crippen molar-refractivity contribution in [2.75, 3.05) is 30.5 Å². The molecule has 0 saturated heterocycles. The maximum Gasteiger partial charge on any atom is 0.163 e. The third kappa shape index (κ3) is 4.36. The topological polar surface area (TPSA) is 83.5 Å². The number of nitrogens with zero attached hydrogens (tertiary/aromatic N) is 4. The van der Waals surface area contributed by atoms with Crippen LogP contribution in [0.25, 0.3) is 5.65 Å². The summed E-state index contributed by atoms with van der Waals surface area (Å²) in [5, 5.41) is 11.8. The predicted molar refractivity (Wildman–Crippen MR) is 125 cm³/mol. The number of nitrogens with one attached hydrogen (secondary N) is 2. The maximum absolute atomic E-state index is 5.96. The maximum atomic E-state index is 5.96. The Kier molecular flexibility index (Phi) is 5.81. The van der Waals surface area contributed by atoms with Crippen molar-refractivity contribution in [3.05, 3.63) is 42.1 Å². The number of nitrogens with two attached hydrogens (primary N) is 1. The van der Waals surface area contributed by atoms with Crippen molar-refractivity contribution in [2.24, 2.45) is 0 Å². The summed E-state index contributed by atoms with van der Waals surface area (Å²) in [6, 6.07) is 10.9. The minimum Gasteiger partial charge on any atom is -0.399 e. The third-order valence-corrected chi connectivity index (χ3v) is 6.06. The highest BCUT2D eigenvalue weighted by Gasteiger charge is 2.23. The van der Waals surface area contributed by atoms with E-state index in [2.05, 4.69) is 48.6 Å². The fourth-order valence-electron chi connectivity index (χ4n) is 4.26. The average Bonchev–Trinajstić information content (AvgIpc) is 3.13. The molecule has 0 aliphatic heterocycles. The molecule has 0 bridgehead atoms. The van der Waals surface area contributed by atoms with Crippen molar-refractivity contribution < 1.29 is 0 Å². The Morgan fingerprint density at radius 2 is 1.90 bits per heavy atom. The van der Waals surface area contributed by atoms with Crippen LogP contribution in [0.2, 0.25) is 0 Å². The van der Waals surface area contributed by atoms with Gasteiger partial charge in [0.1, 0.15) is 11.6 Å². The lowest BCUT2D eigenvalue weighted by atomic mass is 9.90. The molecule has 30 heavy (non-hydrogen) atoms. The van der Waals surface area contributed by atoms with Gasteiger partial charge in [0, 0.05) is 35.1 Å². The Morgan fingerprint density at radius 3 is 2.57 bits per heavy atom. The van der Waals surface area contributed by atoms with Gasteiger partial charge in [0.05, 0.1) is 6.20 Å². The molecular formula is C23H33N7. The minimum absolute atomic E-state index is 0.348. The van der Waals surface area contributed by atoms with Crippen LogP contribution >= 0.6 is 0 Å². The molecule has 1 saturated carbocycles. The Morgan fingerprint density at radius 1 is 1.13 bits per heavy atom. The van der Waals surface area contributed by atoms with Gasteiger partial charge in [0.15, 0.2) is 5.65 Å². The molecule has 160 valence electrons. The lowest BCUT2D eigenvalue weighted by Gasteiger charge is -2.33. The highest BCUT2D eigenvalue weighted by molar-refractivity contribution is 5.67. The second kappa shape index (κ2) is 8.52. The molecule has 2 heterocycles. The zero-order chi connectivity index (χ0) is 21.3. The van der Waals surface area contributed by atoms with Gasteiger partial charge in [-0.1, -0.05) is 19.9 Å². The fraction of sp³-hybridized carbons (Fsp3) is 0.478. The number of fused-ring (bicyclic) bond motifs is 1. The summed E-state index contributed by atoms with van der Waals surface area (Å²) in [6.45, 7) is 4.35. The number of aromatic nitrogens is 3. The van der Waals surface area contributed by atoms with Crippen LogP contribution in [0.1, 0.15) is 51.0 Å². The van der Waals surface area contributed by atoms with Gasteiger partial charge >= 0.3 is 0 Å². The van der Waals surface area contributed by atoms with E-state index in [1.165, 1.54) is 12.8 Å². The molecule has 1 fully saturated rings. The van der Waals surface area contributed by atoms with Crippen molar-refractivity contribution in [1.29, 1.82) is 0 Å². The second-order valence-electron chi connectivity index (χ2n) is 8.88. The van der Waals surface area contributed by atoms with Crippen LogP contribution in [0.3, 0.4) is 0 Å². The summed E-state index contributed by atoms with van der Waals surface area (Å²) in [5.41, 5.74) is 9.66. The number of anilines is 4. The first-order valence-electron chi connectivity index (χ1n) is 10.8. The summed E-state index contributed by atoms with van der Waals surface area (Å²) in [4.78, 5) is 7.28. The normalized spacial score (nSPS) is 19.5. The molecule has 0 radical (unpaired) electrons. The Labute approximate surface area is 178 Å². The van der Waals surface area contributed by atoms with Crippen molar-refractivity contribution in [3.63, 3.8) is 0 Å². The van der Waals surface area contributed by atoms with Crippen LogP contribution in [-0.2, 0) is 0 Å². The molecular weight excluding hydrogens is 374 g/mol. The highest BCUT2D eigenvalue weighted by atomic mass is 15.3. The van der Waals surface area contributed by atoms with E-state index >= 15 is 0 Å². The number of nitrogen functional groups attached to an aromatic ring is 1. The monoisotopic (exact) mass is 407 g/mol. The van der Waals surface area contributed by atoms with E-state index in [1.54, 1.807) is 0 Å². The molecule has 0 spiro atoms. The first-order valence-corrected chi connectivity index (χ1v) is 10.8. The minimum atomic E-state index is 0.348. The number of hydrogen-bond acceptors (Lipinski definition) is 6. The van der Waals surface area contributed by atoms with E-state index < -0.39 is 0 Å². The van der Waals surface area contributed by atoms with Crippen LogP contribution < -0.4 is 16.4 Å². The van der Waals surface area contributed by atoms with Gasteiger partial charge in [-0.15, -0.1) is 0 Å². The summed E-state index contributed by atoms with van der Waals surface area (Å²) in [6.07, 6.45) is 6.66. The molecule has 1 aliphatic carbocycles. The van der Waals surface area contributed by atoms with Crippen LogP contribution in [0.4, 0.5) is 23.0 Å². The van der Waals surface area contributed by atoms with Gasteiger partial charge < -0.3 is 21.3 Å². The standard InChI is InChI=1S/C23H33N7/c1-15(2)20-14-25-30-22(27-18-7-5-6-16(24)12-18)13-21(28-23(20)30)26-17-8-10-19(11-9-17)29(3)4/h5-7,12-15,17,19,27H,8-11,24H2,1-4H3,(H,26,28)/t17-,19-. The van der Waals surface area contributed by atoms with Gasteiger partial charge in [-0.25, -0.2) is 4.98 Å². The van der Waals surface area contributed by atoms with E-state index in [0.717, 1.165) is 47.1 Å². The fourth-order valence-corrected chi connectivity index (χ4v) is 4.26. The lowest BCUT2D eigenvalue weighted by molar-refractivity contribution is 0.221. The summed E-state index contributed by atoms with van der Waals surface area (Å²) in [7, 11) is 4.35. The molecule has 7 heteroatoms. The smallest absolute Gasteiger partial charge is 0.163 e. The first-order chi connectivity index (χ1) is 14.4. The Bertz CT molecular complexity index is 1000. The molecule has 4 N–H and O–H groups in total. The molecule has 7 nitrogen and oxygen atoms in total. The molecule has 1 aliphatic rings. The van der Waals surface area contributed by atoms with E-state index in [1.807, 2.05) is 41.0 Å². The van der Waals surface area contributed by atoms with Crippen LogP contribution in [-0.4, -0.2) is 45.7 Å². The molecule has 0 unspecified atom stereocenters. The van der Waals surface area contributed by atoms with E-state index in [4.69, 9.17) is 10.7 Å². The predicted octanol–water partition coefficient (Wildman–Crippen LogP) is 4.46. The molecule has 4 rings (SSSR count). The molecule has 0 atom stereocenters. The number of benzene rings is 1. The van der Waals surface area contributed by atoms with E-state index in [9.17, 15) is 0 Å². The van der Waals surface area contributed by atoms with Crippen molar-refractivity contribution >= 4 is 28.7 Å². The van der Waals surface area contributed by atoms with Gasteiger partial charge in [0.25, 0.3) is 0 Å². The van der Waals surface area contributed by atoms with E-state index in [-0.39, 0.29) is 0 Å². The lowest BCUT2D eigenvalue weighted by Crippen LogP contribution is -2.36. The van der Waals surface area contributed by atoms with Crippen molar-refractivity contribution in [2.45, 2.75) is 57.5 Å². The SMILES string of the molecule is CC(C)c1cnn2c(Nc3cccc(N)c3)cc(N[C@H]3CC[C@H](N(C)C)CC3)nc12. The summed E-state index contributed by atoms with van der Waals surface area (Å²) in [5.74, 6) is 2.12. The summed E-state index contributed by atoms with van der Waals surface area (Å²) < 4.78 is 1.88. The zero-order valence-electron chi connectivity index (χ0n) is 18.4. The van der Waals surface area contributed by atoms with Gasteiger partial charge in [-0.05, 0) is 63.9 Å². The Balaban J connectivity index is 1.63. The van der Waals surface area contributed by atoms with Gasteiger partial charge in [0.2, 0.25) is 0 Å². The van der Waals surface area contributed by atoms with Gasteiger partial charge in [-0.3, -0.25) is 0 Å². The van der Waals surface area contributed by atoms with Crippen LogP contribution in [0.15, 0.2) is 36.5 Å². The second-order valence-corrected chi connectivity index (χ2v) is 8.88. The van der Waals surface area contributed by atoms with Crippen LogP contribution in [0.5, 0.6) is 0 Å². The molecule has 2 aromatic heterocycles. The van der Waals surface area contributed by atoms with Crippen molar-refractivity contribution in [1.82, 2.24) is 19.5 Å². The highest BCUT2D eigenvalue weighted by Crippen LogP contribution is 2.29. The molecule has 0 amide bonds. The Hall–Kier alpha value is -2.80. The number of hydrogen-bond donors (Lipinski definition) is 3. The summed E-state index contributed by atoms with van der Waals surface area (Å²) >= 11 is 0. The number of rotatable bonds is 6. The molecule has 1 aromatic carbocycles. The van der Waals surface area contributed by atoms with Crippen LogP contribution in [0, 0.1) is 0 Å². The first kappa shape index (κ1) is 20.5. The van der Waals surface area contributed by atoms with Crippen molar-refractivity contribution in [3.8, 4) is 0 Å². The average molecular weight is 408 g/mol. The van der Waals surface area contributed by atoms with E-state index in [0.29, 0.717) is 18.0 Å². The zero-order valence-corrected chi connectivity index (χ0v) is 18.4. The molecule has 3 aromatic rings.